The van der Waals surface area contributed by atoms with Crippen LogP contribution in [0.2, 0.25) is 0 Å². The van der Waals surface area contributed by atoms with Crippen molar-refractivity contribution in [2.24, 2.45) is 4.99 Å². The van der Waals surface area contributed by atoms with Gasteiger partial charge in [0.05, 0.1) is 18.8 Å². The van der Waals surface area contributed by atoms with Crippen LogP contribution in [0.15, 0.2) is 29.3 Å². The van der Waals surface area contributed by atoms with E-state index >= 15 is 0 Å². The zero-order valence-corrected chi connectivity index (χ0v) is 15.9. The molecule has 0 spiro atoms. The molecule has 1 aromatic rings. The minimum absolute atomic E-state index is 0.387. The molecule has 8 heteroatoms. The van der Waals surface area contributed by atoms with Crippen LogP contribution in [-0.2, 0) is 11.2 Å². The zero-order chi connectivity index (χ0) is 18.9. The van der Waals surface area contributed by atoms with Gasteiger partial charge in [-0.1, -0.05) is 23.9 Å². The Labute approximate surface area is 157 Å². The SMILES string of the molecule is CN=C1N[C@@H]2[C@@H](O)[C@H](O)[C@@H]([C@@](C)(O)CCc3ccc(OC)cc3)O[C@@H]2S1. The maximum absolute atomic E-state index is 11.0. The fourth-order valence-electron chi connectivity index (χ4n) is 3.37. The number of thioether (sulfide) groups is 1. The van der Waals surface area contributed by atoms with E-state index in [9.17, 15) is 15.3 Å². The molecule has 0 amide bonds. The number of aryl methyl sites for hydroxylation is 1. The lowest BCUT2D eigenvalue weighted by Crippen LogP contribution is -2.64. The largest absolute Gasteiger partial charge is 0.497 e. The van der Waals surface area contributed by atoms with Gasteiger partial charge in [-0.2, -0.15) is 0 Å². The molecule has 26 heavy (non-hydrogen) atoms. The van der Waals surface area contributed by atoms with Gasteiger partial charge in [-0.3, -0.25) is 4.99 Å². The summed E-state index contributed by atoms with van der Waals surface area (Å²) in [5.74, 6) is 0.778. The van der Waals surface area contributed by atoms with Crippen LogP contribution in [0.3, 0.4) is 0 Å². The zero-order valence-electron chi connectivity index (χ0n) is 15.1. The van der Waals surface area contributed by atoms with E-state index in [4.69, 9.17) is 9.47 Å². The minimum atomic E-state index is -1.29. The van der Waals surface area contributed by atoms with E-state index in [-0.39, 0.29) is 0 Å². The van der Waals surface area contributed by atoms with Crippen molar-refractivity contribution < 1.29 is 24.8 Å². The quantitative estimate of drug-likeness (QED) is 0.588. The number of hydrogen-bond acceptors (Lipinski definition) is 7. The van der Waals surface area contributed by atoms with Gasteiger partial charge in [-0.05, 0) is 37.5 Å². The Morgan fingerprint density at radius 3 is 2.58 bits per heavy atom. The Balaban J connectivity index is 1.67. The lowest BCUT2D eigenvalue weighted by Gasteiger charge is -2.45. The molecule has 2 fully saturated rings. The second-order valence-corrected chi connectivity index (χ2v) is 8.02. The van der Waals surface area contributed by atoms with Gasteiger partial charge in [-0.25, -0.2) is 0 Å². The van der Waals surface area contributed by atoms with Crippen molar-refractivity contribution in [2.75, 3.05) is 14.2 Å². The lowest BCUT2D eigenvalue weighted by molar-refractivity contribution is -0.216. The van der Waals surface area contributed by atoms with Gasteiger partial charge in [0.2, 0.25) is 0 Å². The van der Waals surface area contributed by atoms with Crippen molar-refractivity contribution in [2.45, 2.75) is 55.2 Å². The summed E-state index contributed by atoms with van der Waals surface area (Å²) in [5, 5.41) is 35.6. The monoisotopic (exact) mass is 382 g/mol. The number of aliphatic hydroxyl groups excluding tert-OH is 2. The number of nitrogens with one attached hydrogen (secondary N) is 1. The number of methoxy groups -OCH3 is 1. The summed E-state index contributed by atoms with van der Waals surface area (Å²) < 4.78 is 11.1. The number of hydrogen-bond donors (Lipinski definition) is 4. The molecule has 0 radical (unpaired) electrons. The van der Waals surface area contributed by atoms with Gasteiger partial charge in [0.15, 0.2) is 5.17 Å². The van der Waals surface area contributed by atoms with Crippen molar-refractivity contribution in [3.8, 4) is 5.75 Å². The van der Waals surface area contributed by atoms with E-state index < -0.39 is 35.4 Å². The van der Waals surface area contributed by atoms with Crippen molar-refractivity contribution in [1.82, 2.24) is 5.32 Å². The molecule has 0 bridgehead atoms. The second kappa shape index (κ2) is 7.74. The first kappa shape index (κ1) is 19.4. The highest BCUT2D eigenvalue weighted by Gasteiger charge is 2.53. The first-order chi connectivity index (χ1) is 12.4. The molecule has 7 nitrogen and oxygen atoms in total. The summed E-state index contributed by atoms with van der Waals surface area (Å²) in [6, 6.07) is 7.19. The molecule has 2 aliphatic heterocycles. The topological polar surface area (TPSA) is 104 Å². The third-order valence-electron chi connectivity index (χ3n) is 5.01. The number of benzene rings is 1. The van der Waals surface area contributed by atoms with Crippen molar-refractivity contribution in [1.29, 1.82) is 0 Å². The highest BCUT2D eigenvalue weighted by Crippen LogP contribution is 2.38. The molecule has 144 valence electrons. The van der Waals surface area contributed by atoms with Crippen LogP contribution in [-0.4, -0.2) is 70.0 Å². The first-order valence-corrected chi connectivity index (χ1v) is 9.50. The van der Waals surface area contributed by atoms with Crippen molar-refractivity contribution in [3.05, 3.63) is 29.8 Å². The van der Waals surface area contributed by atoms with Crippen LogP contribution in [0.4, 0.5) is 0 Å². The summed E-state index contributed by atoms with van der Waals surface area (Å²) in [6.45, 7) is 1.64. The maximum atomic E-state index is 11.0. The van der Waals surface area contributed by atoms with Crippen LogP contribution in [0, 0.1) is 0 Å². The fraction of sp³-hybridized carbons (Fsp3) is 0.611. The molecule has 0 unspecified atom stereocenters. The Morgan fingerprint density at radius 1 is 1.27 bits per heavy atom. The van der Waals surface area contributed by atoms with E-state index in [0.717, 1.165) is 11.3 Å². The first-order valence-electron chi connectivity index (χ1n) is 8.62. The highest BCUT2D eigenvalue weighted by molar-refractivity contribution is 8.14. The van der Waals surface area contributed by atoms with E-state index in [2.05, 4.69) is 10.3 Å². The molecule has 0 aliphatic carbocycles. The average molecular weight is 382 g/mol. The number of amidine groups is 1. The van der Waals surface area contributed by atoms with Crippen LogP contribution in [0.1, 0.15) is 18.9 Å². The number of fused-ring (bicyclic) bond motifs is 1. The minimum Gasteiger partial charge on any atom is -0.497 e. The Bertz CT molecular complexity index is 651. The molecular formula is C18H26N2O5S. The number of ether oxygens (including phenoxy) is 2. The molecule has 4 N–H and O–H groups in total. The van der Waals surface area contributed by atoms with Crippen molar-refractivity contribution in [3.63, 3.8) is 0 Å². The summed E-state index contributed by atoms with van der Waals surface area (Å²) in [7, 11) is 3.27. The van der Waals surface area contributed by atoms with Crippen LogP contribution >= 0.6 is 11.8 Å². The lowest BCUT2D eigenvalue weighted by atomic mass is 9.83. The summed E-state index contributed by atoms with van der Waals surface area (Å²) >= 11 is 1.36. The number of aliphatic imine (C=N–C) groups is 1. The second-order valence-electron chi connectivity index (χ2n) is 6.93. The molecule has 1 aromatic carbocycles. The van der Waals surface area contributed by atoms with Gasteiger partial charge >= 0.3 is 0 Å². The third-order valence-corrected chi connectivity index (χ3v) is 6.18. The van der Waals surface area contributed by atoms with E-state index in [1.165, 1.54) is 11.8 Å². The third kappa shape index (κ3) is 3.84. The smallest absolute Gasteiger partial charge is 0.159 e. The molecule has 6 atom stereocenters. The van der Waals surface area contributed by atoms with Crippen molar-refractivity contribution >= 4 is 16.9 Å². The molecule has 2 heterocycles. The number of rotatable bonds is 5. The van der Waals surface area contributed by atoms with Gasteiger partial charge in [0.25, 0.3) is 0 Å². The van der Waals surface area contributed by atoms with Gasteiger partial charge < -0.3 is 30.1 Å². The van der Waals surface area contributed by atoms with E-state index in [1.54, 1.807) is 21.1 Å². The predicted molar refractivity (Wildman–Crippen MR) is 100 cm³/mol. The highest BCUT2D eigenvalue weighted by atomic mass is 32.2. The molecule has 2 aliphatic rings. The van der Waals surface area contributed by atoms with Crippen LogP contribution in [0.25, 0.3) is 0 Å². The van der Waals surface area contributed by atoms with Crippen LogP contribution < -0.4 is 10.1 Å². The molecule has 0 aromatic heterocycles. The molecule has 3 rings (SSSR count). The van der Waals surface area contributed by atoms with E-state index in [1.807, 2.05) is 24.3 Å². The van der Waals surface area contributed by atoms with Gasteiger partial charge in [0.1, 0.15) is 29.5 Å². The maximum Gasteiger partial charge on any atom is 0.159 e. The fourth-order valence-corrected chi connectivity index (χ4v) is 4.45. The summed E-state index contributed by atoms with van der Waals surface area (Å²) in [5.41, 5.74) is -0.644. The van der Waals surface area contributed by atoms with Gasteiger partial charge in [-0.15, -0.1) is 0 Å². The van der Waals surface area contributed by atoms with E-state index in [0.29, 0.717) is 18.0 Å². The Kier molecular flexibility index (Phi) is 5.78. The molecular weight excluding hydrogens is 356 g/mol. The summed E-state index contributed by atoms with van der Waals surface area (Å²) in [6.07, 6.45) is -2.12. The normalized spacial score (nSPS) is 34.8. The Hall–Kier alpha value is -1.32. The number of nitrogens with zero attached hydrogens (tertiary/aromatic N) is 1. The average Bonchev–Trinajstić information content (AvgIpc) is 3.07. The standard InChI is InChI=1S/C18H26N2O5S/c1-18(23,9-8-10-4-6-11(24-3)7-5-10)15-14(22)13(21)12-16(25-15)26-17(19-2)20-12/h4-7,12-16,21-23H,8-9H2,1-3H3,(H,19,20)/t12-,13-,14+,15+,16-,18+/m1/s1. The molecule has 0 saturated carbocycles. The number of aliphatic hydroxyl groups is 3. The Morgan fingerprint density at radius 2 is 1.96 bits per heavy atom. The van der Waals surface area contributed by atoms with Gasteiger partial charge in [0, 0.05) is 7.05 Å². The molecule has 2 saturated heterocycles. The summed E-state index contributed by atoms with van der Waals surface area (Å²) in [4.78, 5) is 4.07. The van der Waals surface area contributed by atoms with Crippen LogP contribution in [0.5, 0.6) is 5.75 Å². The predicted octanol–water partition coefficient (Wildman–Crippen LogP) is 0.516.